The number of hydrogen-bond acceptors (Lipinski definition) is 5. The van der Waals surface area contributed by atoms with E-state index in [0.717, 1.165) is 25.1 Å². The molecule has 0 amide bonds. The predicted molar refractivity (Wildman–Crippen MR) is 115 cm³/mol. The minimum Gasteiger partial charge on any atom is -0.508 e. The van der Waals surface area contributed by atoms with Crippen molar-refractivity contribution in [3.63, 3.8) is 0 Å². The second-order valence-electron chi connectivity index (χ2n) is 7.20. The number of nitrogens with zero attached hydrogens (tertiary/aromatic N) is 1. The number of para-hydroxylation sites is 1. The third-order valence-corrected chi connectivity index (χ3v) is 4.87. The SMILES string of the molecule is CN(CCCOc1ccc2c(=O)c3ccccc3oc2c1)Cc1cccc(O)c1. The van der Waals surface area contributed by atoms with Crippen LogP contribution in [0.2, 0.25) is 0 Å². The van der Waals surface area contributed by atoms with Gasteiger partial charge in [-0.05, 0) is 55.4 Å². The second kappa shape index (κ2) is 8.37. The van der Waals surface area contributed by atoms with E-state index in [9.17, 15) is 9.90 Å². The van der Waals surface area contributed by atoms with E-state index in [4.69, 9.17) is 9.15 Å². The molecule has 1 heterocycles. The van der Waals surface area contributed by atoms with Gasteiger partial charge in [-0.3, -0.25) is 4.79 Å². The van der Waals surface area contributed by atoms with Gasteiger partial charge in [-0.25, -0.2) is 0 Å². The molecule has 5 heteroatoms. The molecule has 4 aromatic rings. The Morgan fingerprint density at radius 1 is 0.966 bits per heavy atom. The highest BCUT2D eigenvalue weighted by atomic mass is 16.5. The van der Waals surface area contributed by atoms with E-state index in [2.05, 4.69) is 4.90 Å². The van der Waals surface area contributed by atoms with Crippen LogP contribution in [-0.4, -0.2) is 30.2 Å². The summed E-state index contributed by atoms with van der Waals surface area (Å²) in [6.45, 7) is 2.19. The molecular weight excluding hydrogens is 366 g/mol. The van der Waals surface area contributed by atoms with Crippen molar-refractivity contribution in [2.75, 3.05) is 20.2 Å². The fraction of sp³-hybridized carbons (Fsp3) is 0.208. The van der Waals surface area contributed by atoms with Crippen LogP contribution in [-0.2, 0) is 6.54 Å². The van der Waals surface area contributed by atoms with Gasteiger partial charge in [0.25, 0.3) is 0 Å². The molecule has 29 heavy (non-hydrogen) atoms. The molecule has 0 radical (unpaired) electrons. The Morgan fingerprint density at radius 3 is 2.66 bits per heavy atom. The molecular formula is C24H23NO4. The molecule has 3 aromatic carbocycles. The molecule has 0 aliphatic rings. The Hall–Kier alpha value is -3.31. The first-order valence-electron chi connectivity index (χ1n) is 9.65. The number of rotatable bonds is 7. The molecule has 148 valence electrons. The maximum absolute atomic E-state index is 12.6. The van der Waals surface area contributed by atoms with Gasteiger partial charge in [-0.15, -0.1) is 0 Å². The van der Waals surface area contributed by atoms with Crippen LogP contribution in [0.1, 0.15) is 12.0 Å². The number of phenols is 1. The van der Waals surface area contributed by atoms with E-state index in [1.807, 2.05) is 37.4 Å². The van der Waals surface area contributed by atoms with Crippen molar-refractivity contribution < 1.29 is 14.3 Å². The fourth-order valence-electron chi connectivity index (χ4n) is 3.44. The minimum atomic E-state index is -0.0260. The zero-order valence-electron chi connectivity index (χ0n) is 16.3. The highest BCUT2D eigenvalue weighted by molar-refractivity contribution is 5.90. The van der Waals surface area contributed by atoms with Gasteiger partial charge in [0, 0.05) is 19.2 Å². The smallest absolute Gasteiger partial charge is 0.200 e. The van der Waals surface area contributed by atoms with Gasteiger partial charge in [-0.2, -0.15) is 0 Å². The lowest BCUT2D eigenvalue weighted by Gasteiger charge is -2.17. The molecule has 0 bridgehead atoms. The van der Waals surface area contributed by atoms with Crippen LogP contribution in [0.4, 0.5) is 0 Å². The van der Waals surface area contributed by atoms with Gasteiger partial charge in [0.1, 0.15) is 22.7 Å². The second-order valence-corrected chi connectivity index (χ2v) is 7.20. The van der Waals surface area contributed by atoms with E-state index in [-0.39, 0.29) is 11.2 Å². The Morgan fingerprint density at radius 2 is 1.79 bits per heavy atom. The lowest BCUT2D eigenvalue weighted by atomic mass is 10.1. The normalized spacial score (nSPS) is 11.4. The van der Waals surface area contributed by atoms with Crippen LogP contribution < -0.4 is 10.2 Å². The quantitative estimate of drug-likeness (QED) is 0.371. The van der Waals surface area contributed by atoms with Crippen LogP contribution in [0.3, 0.4) is 0 Å². The number of ether oxygens (including phenoxy) is 1. The van der Waals surface area contributed by atoms with Gasteiger partial charge in [0.15, 0.2) is 0 Å². The largest absolute Gasteiger partial charge is 0.508 e. The van der Waals surface area contributed by atoms with Crippen molar-refractivity contribution in [3.05, 3.63) is 82.5 Å². The van der Waals surface area contributed by atoms with Crippen molar-refractivity contribution in [2.24, 2.45) is 0 Å². The Labute approximate surface area is 168 Å². The molecule has 0 fully saturated rings. The van der Waals surface area contributed by atoms with Crippen molar-refractivity contribution in [2.45, 2.75) is 13.0 Å². The number of aromatic hydroxyl groups is 1. The van der Waals surface area contributed by atoms with Crippen LogP contribution in [0.15, 0.2) is 75.9 Å². The molecule has 5 nitrogen and oxygen atoms in total. The number of fused-ring (bicyclic) bond motifs is 2. The van der Waals surface area contributed by atoms with Crippen LogP contribution >= 0.6 is 0 Å². The summed E-state index contributed by atoms with van der Waals surface area (Å²) in [4.78, 5) is 14.8. The lowest BCUT2D eigenvalue weighted by Crippen LogP contribution is -2.20. The summed E-state index contributed by atoms with van der Waals surface area (Å²) in [7, 11) is 2.04. The minimum absolute atomic E-state index is 0.0260. The monoisotopic (exact) mass is 389 g/mol. The summed E-state index contributed by atoms with van der Waals surface area (Å²) in [6.07, 6.45) is 0.856. The number of phenolic OH excluding ortho intramolecular Hbond substituents is 1. The molecule has 1 aromatic heterocycles. The Kier molecular flexibility index (Phi) is 5.49. The van der Waals surface area contributed by atoms with Crippen LogP contribution in [0.25, 0.3) is 21.9 Å². The van der Waals surface area contributed by atoms with Gasteiger partial charge in [0.2, 0.25) is 5.43 Å². The molecule has 0 aliphatic heterocycles. The average molecular weight is 389 g/mol. The molecule has 4 rings (SSSR count). The highest BCUT2D eigenvalue weighted by Crippen LogP contribution is 2.23. The molecule has 0 saturated carbocycles. The van der Waals surface area contributed by atoms with Gasteiger partial charge in [0.05, 0.1) is 17.4 Å². The zero-order chi connectivity index (χ0) is 20.2. The summed E-state index contributed by atoms with van der Waals surface area (Å²) in [5.41, 5.74) is 2.16. The van der Waals surface area contributed by atoms with E-state index >= 15 is 0 Å². The third kappa shape index (κ3) is 4.41. The average Bonchev–Trinajstić information content (AvgIpc) is 2.71. The standard InChI is InChI=1S/C24H23NO4/c1-25(16-17-6-4-7-18(26)14-17)12-5-13-28-19-10-11-21-23(15-19)29-22-9-3-2-8-20(22)24(21)27/h2-4,6-11,14-15,26H,5,12-13,16H2,1H3. The summed E-state index contributed by atoms with van der Waals surface area (Å²) in [6, 6.07) is 19.9. The Bertz CT molecular complexity index is 1200. The van der Waals surface area contributed by atoms with Gasteiger partial charge >= 0.3 is 0 Å². The first-order chi connectivity index (χ1) is 14.1. The van der Waals surface area contributed by atoms with Crippen molar-refractivity contribution >= 4 is 21.9 Å². The lowest BCUT2D eigenvalue weighted by molar-refractivity contribution is 0.258. The van der Waals surface area contributed by atoms with Crippen LogP contribution in [0.5, 0.6) is 11.5 Å². The van der Waals surface area contributed by atoms with E-state index < -0.39 is 0 Å². The van der Waals surface area contributed by atoms with Gasteiger partial charge < -0.3 is 19.2 Å². The molecule has 0 unspecified atom stereocenters. The first kappa shape index (κ1) is 19.0. The number of hydrogen-bond donors (Lipinski definition) is 1. The van der Waals surface area contributed by atoms with Crippen LogP contribution in [0, 0.1) is 0 Å². The molecule has 1 N–H and O–H groups in total. The number of benzene rings is 3. The summed E-state index contributed by atoms with van der Waals surface area (Å²) in [5.74, 6) is 0.974. The summed E-state index contributed by atoms with van der Waals surface area (Å²) < 4.78 is 11.7. The fourth-order valence-corrected chi connectivity index (χ4v) is 3.44. The predicted octanol–water partition coefficient (Wildman–Crippen LogP) is 4.55. The molecule has 0 saturated heterocycles. The first-order valence-corrected chi connectivity index (χ1v) is 9.65. The molecule has 0 spiro atoms. The Balaban J connectivity index is 1.36. The maximum atomic E-state index is 12.6. The zero-order valence-corrected chi connectivity index (χ0v) is 16.3. The van der Waals surface area contributed by atoms with E-state index in [1.165, 1.54) is 0 Å². The van der Waals surface area contributed by atoms with Crippen molar-refractivity contribution in [1.82, 2.24) is 4.90 Å². The van der Waals surface area contributed by atoms with E-state index in [1.54, 1.807) is 36.4 Å². The topological polar surface area (TPSA) is 62.9 Å². The summed E-state index contributed by atoms with van der Waals surface area (Å²) >= 11 is 0. The highest BCUT2D eigenvalue weighted by Gasteiger charge is 2.08. The van der Waals surface area contributed by atoms with Crippen molar-refractivity contribution in [3.8, 4) is 11.5 Å². The summed E-state index contributed by atoms with van der Waals surface area (Å²) in [5, 5.41) is 10.7. The molecule has 0 aliphatic carbocycles. The van der Waals surface area contributed by atoms with Gasteiger partial charge in [-0.1, -0.05) is 24.3 Å². The van der Waals surface area contributed by atoms with Crippen molar-refractivity contribution in [1.29, 1.82) is 0 Å². The molecule has 0 atom stereocenters. The van der Waals surface area contributed by atoms with E-state index in [0.29, 0.717) is 34.3 Å². The third-order valence-electron chi connectivity index (χ3n) is 4.87. The maximum Gasteiger partial charge on any atom is 0.200 e.